The molecule has 5 rings (SSSR count). The number of hydrogen-bond donors (Lipinski definition) is 1. The van der Waals surface area contributed by atoms with E-state index in [1.165, 1.54) is 5.56 Å². The van der Waals surface area contributed by atoms with Crippen molar-refractivity contribution < 1.29 is 14.3 Å². The molecule has 1 fully saturated rings. The van der Waals surface area contributed by atoms with Crippen molar-refractivity contribution in [3.05, 3.63) is 89.2 Å². The highest BCUT2D eigenvalue weighted by molar-refractivity contribution is 5.79. The molecule has 0 saturated carbocycles. The van der Waals surface area contributed by atoms with Crippen LogP contribution in [0.5, 0.6) is 0 Å². The average molecular weight is 487 g/mol. The Kier molecular flexibility index (Phi) is 6.92. The van der Waals surface area contributed by atoms with Crippen LogP contribution in [0.3, 0.4) is 0 Å². The zero-order valence-corrected chi connectivity index (χ0v) is 21.0. The van der Waals surface area contributed by atoms with Gasteiger partial charge in [-0.05, 0) is 41.5 Å². The Balaban J connectivity index is 1.29. The second kappa shape index (κ2) is 10.3. The second-order valence-electron chi connectivity index (χ2n) is 10.0. The highest BCUT2D eigenvalue weighted by atomic mass is 16.5. The van der Waals surface area contributed by atoms with E-state index in [-0.39, 0.29) is 29.4 Å². The van der Waals surface area contributed by atoms with Gasteiger partial charge in [0.25, 0.3) is 0 Å². The lowest BCUT2D eigenvalue weighted by Gasteiger charge is -2.44. The Morgan fingerprint density at radius 3 is 2.47 bits per heavy atom. The molecule has 0 radical (unpaired) electrons. The summed E-state index contributed by atoms with van der Waals surface area (Å²) in [7, 11) is 3.62. The molecule has 0 unspecified atom stereocenters. The SMILES string of the molecule is CO[C@H]1[C@H](NC(=O)Cc2ccccc2)c2ccccc2C12CCN(C(=O)CCc1cnn(C)c1)CC2. The monoisotopic (exact) mass is 486 g/mol. The standard InChI is InChI=1S/C29H34N4O3/c1-32-20-22(19-30-32)12-13-26(35)33-16-14-29(15-17-33)24-11-7-6-10-23(24)27(28(29)36-2)31-25(34)18-21-8-4-3-5-9-21/h3-11,19-20,27-28H,12-18H2,1-2H3,(H,31,34)/t27-,28+/m1/s1. The molecule has 2 amide bonds. The number of piperidine rings is 1. The van der Waals surface area contributed by atoms with E-state index in [0.717, 1.165) is 29.5 Å². The third-order valence-electron chi connectivity index (χ3n) is 7.85. The first-order valence-electron chi connectivity index (χ1n) is 12.7. The van der Waals surface area contributed by atoms with Gasteiger partial charge in [-0.2, -0.15) is 5.10 Å². The third-order valence-corrected chi connectivity index (χ3v) is 7.85. The molecule has 1 N–H and O–H groups in total. The summed E-state index contributed by atoms with van der Waals surface area (Å²) in [6.07, 6.45) is 6.75. The van der Waals surface area contributed by atoms with Gasteiger partial charge in [0, 0.05) is 45.3 Å². The Morgan fingerprint density at radius 1 is 1.06 bits per heavy atom. The van der Waals surface area contributed by atoms with Crippen molar-refractivity contribution in [3.8, 4) is 0 Å². The minimum Gasteiger partial charge on any atom is -0.378 e. The molecule has 3 aromatic rings. The van der Waals surface area contributed by atoms with Gasteiger partial charge in [0.15, 0.2) is 0 Å². The Bertz CT molecular complexity index is 1210. The van der Waals surface area contributed by atoms with Gasteiger partial charge >= 0.3 is 0 Å². The summed E-state index contributed by atoms with van der Waals surface area (Å²) in [5.74, 6) is 0.171. The van der Waals surface area contributed by atoms with E-state index in [0.29, 0.717) is 32.4 Å². The number of aromatic nitrogens is 2. The van der Waals surface area contributed by atoms with Gasteiger partial charge in [-0.1, -0.05) is 54.6 Å². The van der Waals surface area contributed by atoms with Crippen LogP contribution in [0.15, 0.2) is 67.0 Å². The molecule has 2 heterocycles. The van der Waals surface area contributed by atoms with E-state index in [9.17, 15) is 9.59 Å². The minimum atomic E-state index is -0.226. The predicted octanol–water partition coefficient (Wildman–Crippen LogP) is 3.34. The molecule has 1 aliphatic carbocycles. The lowest BCUT2D eigenvalue weighted by molar-refractivity contribution is -0.133. The summed E-state index contributed by atoms with van der Waals surface area (Å²) in [6, 6.07) is 17.9. The maximum Gasteiger partial charge on any atom is 0.224 e. The fourth-order valence-electron chi connectivity index (χ4n) is 6.10. The second-order valence-corrected chi connectivity index (χ2v) is 10.0. The smallest absolute Gasteiger partial charge is 0.224 e. The third kappa shape index (κ3) is 4.67. The number of carbonyl (C=O) groups excluding carboxylic acids is 2. The molecule has 1 saturated heterocycles. The van der Waals surface area contributed by atoms with Crippen LogP contribution in [0.4, 0.5) is 0 Å². The first-order chi connectivity index (χ1) is 17.5. The quantitative estimate of drug-likeness (QED) is 0.556. The largest absolute Gasteiger partial charge is 0.378 e. The maximum absolute atomic E-state index is 13.0. The summed E-state index contributed by atoms with van der Waals surface area (Å²) in [5, 5.41) is 7.47. The summed E-state index contributed by atoms with van der Waals surface area (Å²) < 4.78 is 7.89. The lowest BCUT2D eigenvalue weighted by Crippen LogP contribution is -2.51. The van der Waals surface area contributed by atoms with Gasteiger partial charge in [-0.25, -0.2) is 0 Å². The number of benzene rings is 2. The van der Waals surface area contributed by atoms with Gasteiger partial charge in [0.05, 0.1) is 24.8 Å². The molecule has 1 aromatic heterocycles. The van der Waals surface area contributed by atoms with Gasteiger partial charge in [-0.15, -0.1) is 0 Å². The molecule has 7 heteroatoms. The van der Waals surface area contributed by atoms with Gasteiger partial charge in [0.1, 0.15) is 0 Å². The number of likely N-dealkylation sites (tertiary alicyclic amines) is 1. The molecule has 1 aliphatic heterocycles. The fourth-order valence-corrected chi connectivity index (χ4v) is 6.10. The van der Waals surface area contributed by atoms with Crippen LogP contribution in [-0.4, -0.2) is 52.8 Å². The van der Waals surface area contributed by atoms with E-state index < -0.39 is 0 Å². The normalized spacial score (nSPS) is 20.3. The van der Waals surface area contributed by atoms with E-state index in [2.05, 4.69) is 28.6 Å². The van der Waals surface area contributed by atoms with Crippen LogP contribution >= 0.6 is 0 Å². The number of nitrogens with zero attached hydrogens (tertiary/aromatic N) is 3. The molecule has 2 aromatic carbocycles. The van der Waals surface area contributed by atoms with E-state index >= 15 is 0 Å². The number of fused-ring (bicyclic) bond motifs is 2. The highest BCUT2D eigenvalue weighted by Crippen LogP contribution is 2.52. The van der Waals surface area contributed by atoms with E-state index in [1.54, 1.807) is 11.8 Å². The Morgan fingerprint density at radius 2 is 1.78 bits per heavy atom. The number of ether oxygens (including phenoxy) is 1. The van der Waals surface area contributed by atoms with Crippen LogP contribution in [0, 0.1) is 0 Å². The van der Waals surface area contributed by atoms with Crippen LogP contribution in [0.1, 0.15) is 47.6 Å². The lowest BCUT2D eigenvalue weighted by atomic mass is 9.71. The van der Waals surface area contributed by atoms with Crippen molar-refractivity contribution >= 4 is 11.8 Å². The molecule has 0 bridgehead atoms. The number of amides is 2. The van der Waals surface area contributed by atoms with Gasteiger partial charge < -0.3 is 15.0 Å². The number of carbonyl (C=O) groups is 2. The zero-order valence-electron chi connectivity index (χ0n) is 21.0. The van der Waals surface area contributed by atoms with Crippen LogP contribution < -0.4 is 5.32 Å². The number of nitrogens with one attached hydrogen (secondary N) is 1. The highest BCUT2D eigenvalue weighted by Gasteiger charge is 2.54. The topological polar surface area (TPSA) is 76.5 Å². The summed E-state index contributed by atoms with van der Waals surface area (Å²) in [5.41, 5.74) is 4.21. The molecular formula is C29H34N4O3. The summed E-state index contributed by atoms with van der Waals surface area (Å²) in [6.45, 7) is 1.37. The average Bonchev–Trinajstić information content (AvgIpc) is 3.42. The van der Waals surface area contributed by atoms with E-state index in [1.807, 2.05) is 60.7 Å². The van der Waals surface area contributed by atoms with Crippen molar-refractivity contribution in [1.29, 1.82) is 0 Å². The number of hydrogen-bond acceptors (Lipinski definition) is 4. The molecule has 1 spiro atoms. The first-order valence-corrected chi connectivity index (χ1v) is 12.7. The van der Waals surface area contributed by atoms with Crippen molar-refractivity contribution in [2.45, 2.75) is 49.7 Å². The van der Waals surface area contributed by atoms with Crippen LogP contribution in [0.25, 0.3) is 0 Å². The number of aryl methyl sites for hydroxylation is 2. The molecule has 2 atom stereocenters. The fraction of sp³-hybridized carbons (Fsp3) is 0.414. The predicted molar refractivity (Wildman–Crippen MR) is 137 cm³/mol. The summed E-state index contributed by atoms with van der Waals surface area (Å²) in [4.78, 5) is 28.0. The van der Waals surface area contributed by atoms with Crippen LogP contribution in [0.2, 0.25) is 0 Å². The van der Waals surface area contributed by atoms with Crippen molar-refractivity contribution in [2.75, 3.05) is 20.2 Å². The molecule has 188 valence electrons. The summed E-state index contributed by atoms with van der Waals surface area (Å²) >= 11 is 0. The molecule has 36 heavy (non-hydrogen) atoms. The Hall–Kier alpha value is -3.45. The Labute approximate surface area is 212 Å². The molecule has 2 aliphatic rings. The number of methoxy groups -OCH3 is 1. The van der Waals surface area contributed by atoms with Gasteiger partial charge in [0.2, 0.25) is 11.8 Å². The van der Waals surface area contributed by atoms with Crippen molar-refractivity contribution in [2.24, 2.45) is 7.05 Å². The minimum absolute atomic E-state index is 0.0110. The number of rotatable bonds is 7. The van der Waals surface area contributed by atoms with Crippen molar-refractivity contribution in [1.82, 2.24) is 20.0 Å². The molecular weight excluding hydrogens is 452 g/mol. The van der Waals surface area contributed by atoms with Crippen LogP contribution in [-0.2, 0) is 39.6 Å². The first kappa shape index (κ1) is 24.3. The zero-order chi connectivity index (χ0) is 25.1. The van der Waals surface area contributed by atoms with Gasteiger partial charge in [-0.3, -0.25) is 14.3 Å². The van der Waals surface area contributed by atoms with Crippen molar-refractivity contribution in [3.63, 3.8) is 0 Å². The van der Waals surface area contributed by atoms with E-state index in [4.69, 9.17) is 4.74 Å². The molecule has 7 nitrogen and oxygen atoms in total. The maximum atomic E-state index is 13.0.